The number of aryl methyl sites for hydroxylation is 1. The third kappa shape index (κ3) is 5.90. The Labute approximate surface area is 217 Å². The second-order valence-corrected chi connectivity index (χ2v) is 10.2. The highest BCUT2D eigenvalue weighted by Crippen LogP contribution is 2.32. The predicted octanol–water partition coefficient (Wildman–Crippen LogP) is 5.70. The minimum atomic E-state index is -1.14. The topological polar surface area (TPSA) is 105 Å². The average molecular weight is 503 g/mol. The Morgan fingerprint density at radius 1 is 1.05 bits per heavy atom. The van der Waals surface area contributed by atoms with Crippen LogP contribution >= 0.6 is 0 Å². The van der Waals surface area contributed by atoms with Crippen LogP contribution in [0.2, 0.25) is 0 Å². The molecule has 0 saturated heterocycles. The van der Waals surface area contributed by atoms with Crippen LogP contribution in [-0.4, -0.2) is 38.7 Å². The van der Waals surface area contributed by atoms with Gasteiger partial charge in [-0.1, -0.05) is 24.6 Å². The maximum Gasteiger partial charge on any atom is 0.341 e. The number of rotatable bonds is 7. The zero-order chi connectivity index (χ0) is 26.7. The molecular weight excluding hydrogens is 468 g/mol. The Morgan fingerprint density at radius 2 is 1.73 bits per heavy atom. The molecule has 8 nitrogen and oxygen atoms in total. The van der Waals surface area contributed by atoms with E-state index in [1.807, 2.05) is 39.0 Å². The van der Waals surface area contributed by atoms with Crippen LogP contribution in [0, 0.1) is 18.8 Å². The van der Waals surface area contributed by atoms with Crippen LogP contribution in [0.25, 0.3) is 5.69 Å². The maximum atomic E-state index is 13.5. The van der Waals surface area contributed by atoms with Crippen molar-refractivity contribution in [1.82, 2.24) is 9.78 Å². The quantitative estimate of drug-likeness (QED) is 0.431. The SMILES string of the molecule is Cc1cccc(C(=O)Nc2ccc(-n3cc(C(=O)O)c(N(C(=O)C4CCC(C)CC4)C(C)C)n3)cc2)c1. The van der Waals surface area contributed by atoms with Crippen LogP contribution in [0.1, 0.15) is 72.7 Å². The number of nitrogens with zero attached hydrogens (tertiary/aromatic N) is 3. The first-order chi connectivity index (χ1) is 17.6. The van der Waals surface area contributed by atoms with Gasteiger partial charge in [-0.3, -0.25) is 14.5 Å². The Hall–Kier alpha value is -3.94. The van der Waals surface area contributed by atoms with Gasteiger partial charge in [0.05, 0.1) is 5.69 Å². The summed E-state index contributed by atoms with van der Waals surface area (Å²) in [6, 6.07) is 14.1. The van der Waals surface area contributed by atoms with Gasteiger partial charge in [0.1, 0.15) is 5.56 Å². The van der Waals surface area contributed by atoms with Gasteiger partial charge in [-0.25, -0.2) is 9.48 Å². The smallest absolute Gasteiger partial charge is 0.341 e. The highest BCUT2D eigenvalue weighted by atomic mass is 16.4. The zero-order valence-electron chi connectivity index (χ0n) is 21.8. The van der Waals surface area contributed by atoms with Gasteiger partial charge in [0.25, 0.3) is 5.91 Å². The van der Waals surface area contributed by atoms with Crippen LogP contribution in [0.5, 0.6) is 0 Å². The second kappa shape index (κ2) is 11.0. The van der Waals surface area contributed by atoms with E-state index < -0.39 is 5.97 Å². The van der Waals surface area contributed by atoms with Crippen molar-refractivity contribution < 1.29 is 19.5 Å². The van der Waals surface area contributed by atoms with Gasteiger partial charge in [0.2, 0.25) is 5.91 Å². The van der Waals surface area contributed by atoms with E-state index in [4.69, 9.17) is 0 Å². The highest BCUT2D eigenvalue weighted by Gasteiger charge is 2.34. The molecule has 2 amide bonds. The summed E-state index contributed by atoms with van der Waals surface area (Å²) in [5, 5.41) is 17.3. The average Bonchev–Trinajstić information content (AvgIpc) is 3.30. The van der Waals surface area contributed by atoms with Gasteiger partial charge in [-0.15, -0.1) is 5.10 Å². The number of amides is 2. The number of carboxylic acids is 1. The number of carbonyl (C=O) groups is 3. The number of hydrogen-bond acceptors (Lipinski definition) is 4. The number of benzene rings is 2. The molecule has 3 aromatic rings. The standard InChI is InChI=1S/C29H34N4O4/c1-18(2)33(28(35)21-10-8-19(3)9-11-21)26-25(29(36)37)17-32(31-26)24-14-12-23(13-15-24)30-27(34)22-7-5-6-20(4)16-22/h5-7,12-19,21H,8-11H2,1-4H3,(H,30,34)(H,36,37). The minimum Gasteiger partial charge on any atom is -0.477 e. The summed E-state index contributed by atoms with van der Waals surface area (Å²) in [7, 11) is 0. The largest absolute Gasteiger partial charge is 0.477 e. The lowest BCUT2D eigenvalue weighted by atomic mass is 9.82. The molecule has 37 heavy (non-hydrogen) atoms. The fourth-order valence-corrected chi connectivity index (χ4v) is 4.82. The predicted molar refractivity (Wildman–Crippen MR) is 143 cm³/mol. The van der Waals surface area contributed by atoms with Crippen LogP contribution in [0.3, 0.4) is 0 Å². The summed E-state index contributed by atoms with van der Waals surface area (Å²) in [5.41, 5.74) is 2.76. The van der Waals surface area contributed by atoms with E-state index in [0.29, 0.717) is 22.9 Å². The summed E-state index contributed by atoms with van der Waals surface area (Å²) < 4.78 is 1.47. The summed E-state index contributed by atoms with van der Waals surface area (Å²) >= 11 is 0. The lowest BCUT2D eigenvalue weighted by Crippen LogP contribution is -2.43. The first-order valence-electron chi connectivity index (χ1n) is 12.8. The molecule has 1 heterocycles. The lowest BCUT2D eigenvalue weighted by molar-refractivity contribution is -0.124. The summed E-state index contributed by atoms with van der Waals surface area (Å²) in [5.74, 6) is -0.781. The Balaban J connectivity index is 1.58. The van der Waals surface area contributed by atoms with Gasteiger partial charge < -0.3 is 10.4 Å². The second-order valence-electron chi connectivity index (χ2n) is 10.2. The molecule has 2 aromatic carbocycles. The first-order valence-corrected chi connectivity index (χ1v) is 12.8. The summed E-state index contributed by atoms with van der Waals surface area (Å²) in [6.07, 6.45) is 5.04. The molecule has 0 unspecified atom stereocenters. The highest BCUT2D eigenvalue weighted by molar-refractivity contribution is 6.04. The molecule has 1 aliphatic carbocycles. The van der Waals surface area contributed by atoms with Gasteiger partial charge >= 0.3 is 5.97 Å². The Kier molecular flexibility index (Phi) is 7.76. The number of carboxylic acid groups (broad SMARTS) is 1. The molecule has 0 spiro atoms. The van der Waals surface area contributed by atoms with E-state index in [0.717, 1.165) is 31.2 Å². The van der Waals surface area contributed by atoms with Gasteiger partial charge in [0, 0.05) is 29.4 Å². The number of aromatic carboxylic acids is 1. The molecule has 0 atom stereocenters. The molecule has 1 aromatic heterocycles. The van der Waals surface area contributed by atoms with E-state index >= 15 is 0 Å². The van der Waals surface area contributed by atoms with Crippen LogP contribution in [0.15, 0.2) is 54.7 Å². The van der Waals surface area contributed by atoms with Crippen molar-refractivity contribution in [3.05, 3.63) is 71.4 Å². The Morgan fingerprint density at radius 3 is 2.32 bits per heavy atom. The van der Waals surface area contributed by atoms with Crippen LogP contribution in [-0.2, 0) is 4.79 Å². The maximum absolute atomic E-state index is 13.5. The molecule has 2 N–H and O–H groups in total. The molecule has 0 bridgehead atoms. The van der Waals surface area contributed by atoms with Gasteiger partial charge in [-0.2, -0.15) is 0 Å². The van der Waals surface area contributed by atoms with E-state index in [9.17, 15) is 19.5 Å². The van der Waals surface area contributed by atoms with Crippen LogP contribution in [0.4, 0.5) is 11.5 Å². The number of carbonyl (C=O) groups excluding carboxylic acids is 2. The molecule has 0 aliphatic heterocycles. The summed E-state index contributed by atoms with van der Waals surface area (Å²) in [4.78, 5) is 39.7. The third-order valence-electron chi connectivity index (χ3n) is 6.94. The van der Waals surface area contributed by atoms with Crippen molar-refractivity contribution in [2.75, 3.05) is 10.2 Å². The van der Waals surface area contributed by atoms with Crippen LogP contribution < -0.4 is 10.2 Å². The molecule has 1 aliphatic rings. The molecule has 0 radical (unpaired) electrons. The summed E-state index contributed by atoms with van der Waals surface area (Å²) in [6.45, 7) is 7.88. The minimum absolute atomic E-state index is 0.0249. The number of nitrogens with one attached hydrogen (secondary N) is 1. The number of hydrogen-bond donors (Lipinski definition) is 2. The first kappa shape index (κ1) is 26.1. The van der Waals surface area contributed by atoms with Crippen molar-refractivity contribution in [3.8, 4) is 5.69 Å². The fraction of sp³-hybridized carbons (Fsp3) is 0.379. The van der Waals surface area contributed by atoms with Gasteiger partial charge in [-0.05, 0) is 88.8 Å². The van der Waals surface area contributed by atoms with Crippen molar-refractivity contribution >= 4 is 29.3 Å². The molecule has 1 fully saturated rings. The number of anilines is 2. The van der Waals surface area contributed by atoms with E-state index in [-0.39, 0.29) is 35.2 Å². The molecule has 194 valence electrons. The molecule has 1 saturated carbocycles. The van der Waals surface area contributed by atoms with E-state index in [1.165, 1.54) is 15.8 Å². The lowest BCUT2D eigenvalue weighted by Gasteiger charge is -2.32. The van der Waals surface area contributed by atoms with Crippen molar-refractivity contribution in [3.63, 3.8) is 0 Å². The van der Waals surface area contributed by atoms with Gasteiger partial charge in [0.15, 0.2) is 5.82 Å². The number of aromatic nitrogens is 2. The molecule has 4 rings (SSSR count). The zero-order valence-corrected chi connectivity index (χ0v) is 21.8. The fourth-order valence-electron chi connectivity index (χ4n) is 4.82. The third-order valence-corrected chi connectivity index (χ3v) is 6.94. The Bertz CT molecular complexity index is 1290. The van der Waals surface area contributed by atoms with Crippen molar-refractivity contribution in [1.29, 1.82) is 0 Å². The monoisotopic (exact) mass is 502 g/mol. The molecule has 8 heteroatoms. The molecular formula is C29H34N4O4. The van der Waals surface area contributed by atoms with Crippen molar-refractivity contribution in [2.24, 2.45) is 11.8 Å². The van der Waals surface area contributed by atoms with E-state index in [2.05, 4.69) is 17.3 Å². The van der Waals surface area contributed by atoms with E-state index in [1.54, 1.807) is 30.3 Å². The normalized spacial score (nSPS) is 17.4. The van der Waals surface area contributed by atoms with Crippen molar-refractivity contribution in [2.45, 2.75) is 59.4 Å².